The highest BCUT2D eigenvalue weighted by Gasteiger charge is 2.34. The van der Waals surface area contributed by atoms with Gasteiger partial charge in [-0.25, -0.2) is 24.3 Å². The third-order valence-corrected chi connectivity index (χ3v) is 17.0. The number of halogens is 10. The number of alkyl halides is 6. The number of anilines is 8. The Morgan fingerprint density at radius 3 is 1.16 bits per heavy atom. The van der Waals surface area contributed by atoms with Crippen LogP contribution in [0.5, 0.6) is 0 Å². The lowest BCUT2D eigenvalue weighted by atomic mass is 10.0. The molecule has 4 N–H and O–H groups in total. The topological polar surface area (TPSA) is 151 Å². The summed E-state index contributed by atoms with van der Waals surface area (Å²) in [7, 11) is 0. The highest BCUT2D eigenvalue weighted by atomic mass is 35.5. The Morgan fingerprint density at radius 1 is 0.298 bits per heavy atom. The molecule has 0 amide bonds. The minimum atomic E-state index is -4.56. The van der Waals surface area contributed by atoms with E-state index in [9.17, 15) is 30.7 Å². The monoisotopic (exact) mass is 1440 g/mol. The fourth-order valence-corrected chi connectivity index (χ4v) is 11.8. The molecule has 0 atom stereocenters. The van der Waals surface area contributed by atoms with Gasteiger partial charge in [0.2, 0.25) is 0 Å². The van der Waals surface area contributed by atoms with Crippen molar-refractivity contribution in [2.75, 3.05) is 21.3 Å². The first-order valence-electron chi connectivity index (χ1n) is 32.0. The lowest BCUT2D eigenvalue weighted by Gasteiger charge is -2.16. The van der Waals surface area contributed by atoms with Crippen molar-refractivity contribution in [3.63, 3.8) is 0 Å². The van der Waals surface area contributed by atoms with E-state index in [1.165, 1.54) is 24.4 Å². The normalized spacial score (nSPS) is 11.2. The zero-order valence-electron chi connectivity index (χ0n) is 54.2. The maximum Gasteiger partial charge on any atom is 0.419 e. The Kier molecular flexibility index (Phi) is 21.3. The predicted octanol–water partition coefficient (Wildman–Crippen LogP) is 24.3. The van der Waals surface area contributed by atoms with Crippen molar-refractivity contribution in [1.82, 2.24) is 39.9 Å². The van der Waals surface area contributed by atoms with Gasteiger partial charge in [-0.3, -0.25) is 19.9 Å². The highest BCUT2D eigenvalue weighted by molar-refractivity contribution is 6.35. The fraction of sp³-hybridized carbons (Fsp3) is 0.0244. The van der Waals surface area contributed by atoms with Gasteiger partial charge in [0.1, 0.15) is 5.82 Å². The molecule has 16 aromatic rings. The molecule has 12 nitrogen and oxygen atoms in total. The summed E-state index contributed by atoms with van der Waals surface area (Å²) in [5.74, 6) is -0.462. The molecular formula is C82H54Cl3F7N12. The van der Waals surface area contributed by atoms with E-state index in [1.807, 2.05) is 146 Å². The molecule has 0 spiro atoms. The van der Waals surface area contributed by atoms with Crippen molar-refractivity contribution < 1.29 is 30.7 Å². The van der Waals surface area contributed by atoms with Gasteiger partial charge in [0.05, 0.1) is 89.4 Å². The van der Waals surface area contributed by atoms with E-state index in [1.54, 1.807) is 110 Å². The quantitative estimate of drug-likeness (QED) is 0.0862. The van der Waals surface area contributed by atoms with Crippen LogP contribution in [-0.4, -0.2) is 39.9 Å². The molecule has 0 aliphatic rings. The van der Waals surface area contributed by atoms with Gasteiger partial charge in [0, 0.05) is 120 Å². The Labute approximate surface area is 606 Å². The summed E-state index contributed by atoms with van der Waals surface area (Å²) in [6.45, 7) is 0. The van der Waals surface area contributed by atoms with Crippen molar-refractivity contribution >= 4 is 124 Å². The first-order chi connectivity index (χ1) is 50.4. The summed E-state index contributed by atoms with van der Waals surface area (Å²) in [4.78, 5) is 34.2. The molecule has 16 rings (SSSR count). The summed E-state index contributed by atoms with van der Waals surface area (Å²) in [5.41, 5.74) is 12.0. The maximum absolute atomic E-state index is 14.2. The largest absolute Gasteiger partial charge is 0.419 e. The molecule has 0 unspecified atom stereocenters. The first-order valence-corrected chi connectivity index (χ1v) is 33.1. The van der Waals surface area contributed by atoms with Crippen LogP contribution < -0.4 is 21.3 Å². The van der Waals surface area contributed by atoms with E-state index in [2.05, 4.69) is 57.2 Å². The number of hydrogen-bond donors (Lipinski definition) is 4. The number of rotatable bonds is 12. The summed E-state index contributed by atoms with van der Waals surface area (Å²) in [6.07, 6.45) is 3.45. The fourth-order valence-electron chi connectivity index (χ4n) is 11.2. The second-order valence-corrected chi connectivity index (χ2v) is 24.3. The van der Waals surface area contributed by atoms with Crippen LogP contribution in [0.3, 0.4) is 0 Å². The van der Waals surface area contributed by atoms with Gasteiger partial charge in [-0.05, 0) is 140 Å². The van der Waals surface area contributed by atoms with Crippen LogP contribution in [0.15, 0.2) is 304 Å². The lowest BCUT2D eigenvalue weighted by Crippen LogP contribution is -2.09. The average Bonchev–Trinajstić information content (AvgIpc) is 0.819. The van der Waals surface area contributed by atoms with Crippen LogP contribution in [0.2, 0.25) is 15.1 Å². The molecule has 8 aromatic heterocycles. The van der Waals surface area contributed by atoms with Crippen LogP contribution in [-0.2, 0) is 12.4 Å². The minimum absolute atomic E-state index is 0.140. The first kappa shape index (κ1) is 70.0. The molecule has 0 saturated carbocycles. The van der Waals surface area contributed by atoms with Gasteiger partial charge in [0.25, 0.3) is 0 Å². The second-order valence-electron chi connectivity index (χ2n) is 23.1. The number of hydrogen-bond acceptors (Lipinski definition) is 12. The number of aromatic nitrogens is 8. The highest BCUT2D eigenvalue weighted by Crippen LogP contribution is 2.41. The Morgan fingerprint density at radius 2 is 0.692 bits per heavy atom. The lowest BCUT2D eigenvalue weighted by molar-refractivity contribution is -0.138. The second kappa shape index (κ2) is 31.6. The number of nitrogens with one attached hydrogen (secondary N) is 4. The summed E-state index contributed by atoms with van der Waals surface area (Å²) < 4.78 is 93.4. The van der Waals surface area contributed by atoms with Crippen molar-refractivity contribution in [2.24, 2.45) is 0 Å². The molecule has 0 bridgehead atoms. The van der Waals surface area contributed by atoms with E-state index < -0.39 is 29.3 Å². The molecule has 0 fully saturated rings. The number of fused-ring (bicyclic) bond motifs is 4. The number of para-hydroxylation sites is 4. The summed E-state index contributed by atoms with van der Waals surface area (Å²) in [5, 5.41) is 18.5. The van der Waals surface area contributed by atoms with Gasteiger partial charge in [-0.1, -0.05) is 150 Å². The van der Waals surface area contributed by atoms with E-state index >= 15 is 0 Å². The number of pyridine rings is 8. The number of nitrogens with zero attached hydrogens (tertiary/aromatic N) is 8. The van der Waals surface area contributed by atoms with Crippen molar-refractivity contribution in [3.05, 3.63) is 336 Å². The maximum atomic E-state index is 14.2. The van der Waals surface area contributed by atoms with E-state index in [0.29, 0.717) is 54.1 Å². The van der Waals surface area contributed by atoms with E-state index in [4.69, 9.17) is 44.8 Å². The van der Waals surface area contributed by atoms with Gasteiger partial charge >= 0.3 is 12.4 Å². The standard InChI is InChI=1S/C21H13F4N3.C21H14F3N3.C20H13Cl2N3.C20H14ClN3/c22-16-7-3-1-5-13(16)19-11-20(14-6-2-4-8-17(14)27-19)28-18-9-10-26-12-15(18)21(23,24)25;22-21(23,24)15-5-3-4-14(12-15)19-13-20(26-16-8-10-25-11-9-16)17-6-1-2-7-18(17)27-19;21-13-5-6-17(22)16(11-13)20-12-19(24-14-7-9-23-10-8-14)15-3-1-2-4-18(15)25-20;21-17-7-3-1-5-15(17)19-13-20(23-14-9-11-22-12-10-14)16-6-2-4-8-18(16)24-19/h1-12H,(H,26,27,28);1-13H,(H,25,26,27);1-12H,(H,23,24,25);1-13H,(H,22,23,24). The molecule has 0 aliphatic heterocycles. The van der Waals surface area contributed by atoms with Crippen LogP contribution in [0, 0.1) is 5.82 Å². The minimum Gasteiger partial charge on any atom is -0.355 e. The Hall–Kier alpha value is -12.4. The van der Waals surface area contributed by atoms with Gasteiger partial charge < -0.3 is 21.3 Å². The predicted molar refractivity (Wildman–Crippen MR) is 404 cm³/mol. The van der Waals surface area contributed by atoms with Gasteiger partial charge in [-0.2, -0.15) is 26.3 Å². The van der Waals surface area contributed by atoms with E-state index in [0.717, 1.165) is 102 Å². The SMILES string of the molecule is Clc1ccc(Cl)c(-c2cc(Nc3ccncc3)c3ccccc3n2)c1.Clc1ccccc1-c1cc(Nc2ccncc2)c2ccccc2n1.FC(F)(F)c1cccc(-c2cc(Nc3ccncc3)c3ccccc3n2)c1.Fc1ccccc1-c1cc(Nc2ccncc2C(F)(F)F)c2ccccc2n1. The third kappa shape index (κ3) is 17.0. The molecule has 8 heterocycles. The molecule has 22 heteroatoms. The summed E-state index contributed by atoms with van der Waals surface area (Å²) in [6, 6.07) is 74.9. The van der Waals surface area contributed by atoms with Gasteiger partial charge in [-0.15, -0.1) is 0 Å². The van der Waals surface area contributed by atoms with E-state index in [-0.39, 0.29) is 11.3 Å². The van der Waals surface area contributed by atoms with Crippen molar-refractivity contribution in [3.8, 4) is 45.0 Å². The average molecular weight is 1450 g/mol. The van der Waals surface area contributed by atoms with Crippen molar-refractivity contribution in [2.45, 2.75) is 12.4 Å². The molecule has 8 aromatic carbocycles. The van der Waals surface area contributed by atoms with Crippen LogP contribution in [0.4, 0.5) is 76.2 Å². The molecular weight excluding hydrogens is 1390 g/mol. The Bertz CT molecular complexity index is 5710. The number of benzene rings is 8. The molecule has 0 radical (unpaired) electrons. The van der Waals surface area contributed by atoms with Crippen molar-refractivity contribution in [1.29, 1.82) is 0 Å². The Balaban J connectivity index is 0.000000123. The van der Waals surface area contributed by atoms with Crippen LogP contribution >= 0.6 is 34.8 Å². The smallest absolute Gasteiger partial charge is 0.355 e. The van der Waals surface area contributed by atoms with Gasteiger partial charge in [0.15, 0.2) is 0 Å². The van der Waals surface area contributed by atoms with Crippen LogP contribution in [0.25, 0.3) is 88.6 Å². The molecule has 0 saturated heterocycles. The summed E-state index contributed by atoms with van der Waals surface area (Å²) >= 11 is 18.9. The third-order valence-electron chi connectivity index (χ3n) is 16.1. The zero-order valence-corrected chi connectivity index (χ0v) is 56.5. The molecule has 104 heavy (non-hydrogen) atoms. The zero-order chi connectivity index (χ0) is 72.2. The molecule has 0 aliphatic carbocycles. The van der Waals surface area contributed by atoms with Crippen LogP contribution in [0.1, 0.15) is 11.1 Å². The molecule has 512 valence electrons.